The Hall–Kier alpha value is -2.61. The molecule has 4 heterocycles. The van der Waals surface area contributed by atoms with E-state index in [4.69, 9.17) is 0 Å². The number of anilines is 1. The zero-order valence-corrected chi connectivity index (χ0v) is 14.7. The SMILES string of the molecule is Cc1csc2c(N3CCCC(NC(=O)c4ccncn4)C3)ncnc12. The Bertz CT molecular complexity index is 897. The van der Waals surface area contributed by atoms with Crippen LogP contribution in [0.4, 0.5) is 5.82 Å². The second-order valence-corrected chi connectivity index (χ2v) is 7.03. The number of hydrogen-bond donors (Lipinski definition) is 1. The third kappa shape index (κ3) is 3.17. The molecule has 0 aromatic carbocycles. The van der Waals surface area contributed by atoms with Gasteiger partial charge in [0, 0.05) is 25.3 Å². The molecule has 3 aromatic rings. The van der Waals surface area contributed by atoms with E-state index >= 15 is 0 Å². The van der Waals surface area contributed by atoms with Gasteiger partial charge < -0.3 is 10.2 Å². The topological polar surface area (TPSA) is 83.9 Å². The highest BCUT2D eigenvalue weighted by Crippen LogP contribution is 2.32. The Morgan fingerprint density at radius 1 is 1.32 bits per heavy atom. The molecule has 128 valence electrons. The van der Waals surface area contributed by atoms with E-state index in [1.807, 2.05) is 0 Å². The number of piperidine rings is 1. The lowest BCUT2D eigenvalue weighted by Crippen LogP contribution is -2.48. The van der Waals surface area contributed by atoms with Crippen LogP contribution in [0.25, 0.3) is 10.2 Å². The minimum atomic E-state index is -0.158. The average Bonchev–Trinajstić information content (AvgIpc) is 3.04. The van der Waals surface area contributed by atoms with Crippen LogP contribution in [0.3, 0.4) is 0 Å². The normalized spacial score (nSPS) is 17.6. The summed E-state index contributed by atoms with van der Waals surface area (Å²) >= 11 is 1.68. The molecule has 1 N–H and O–H groups in total. The molecule has 4 rings (SSSR count). The maximum Gasteiger partial charge on any atom is 0.270 e. The predicted molar refractivity (Wildman–Crippen MR) is 96.9 cm³/mol. The molecule has 1 amide bonds. The first-order chi connectivity index (χ1) is 12.2. The molecule has 1 aliphatic rings. The zero-order chi connectivity index (χ0) is 17.2. The lowest BCUT2D eigenvalue weighted by Gasteiger charge is -2.34. The van der Waals surface area contributed by atoms with Gasteiger partial charge in [-0.1, -0.05) is 0 Å². The van der Waals surface area contributed by atoms with Gasteiger partial charge in [0.1, 0.15) is 24.2 Å². The highest BCUT2D eigenvalue weighted by molar-refractivity contribution is 7.18. The number of nitrogens with one attached hydrogen (secondary N) is 1. The molecular formula is C17H18N6OS. The molecule has 1 saturated heterocycles. The molecule has 0 bridgehead atoms. The van der Waals surface area contributed by atoms with Gasteiger partial charge in [0.25, 0.3) is 5.91 Å². The van der Waals surface area contributed by atoms with E-state index in [1.165, 1.54) is 11.9 Å². The lowest BCUT2D eigenvalue weighted by molar-refractivity contribution is 0.0928. The first-order valence-corrected chi connectivity index (χ1v) is 9.11. The van der Waals surface area contributed by atoms with Gasteiger partial charge >= 0.3 is 0 Å². The smallest absolute Gasteiger partial charge is 0.270 e. The second kappa shape index (κ2) is 6.72. The Balaban J connectivity index is 1.52. The van der Waals surface area contributed by atoms with Crippen LogP contribution in [-0.4, -0.2) is 45.0 Å². The number of aromatic nitrogens is 4. The maximum atomic E-state index is 12.3. The van der Waals surface area contributed by atoms with Crippen molar-refractivity contribution in [2.24, 2.45) is 0 Å². The Morgan fingerprint density at radius 2 is 2.24 bits per heavy atom. The van der Waals surface area contributed by atoms with Crippen molar-refractivity contribution in [2.75, 3.05) is 18.0 Å². The van der Waals surface area contributed by atoms with Crippen LogP contribution < -0.4 is 10.2 Å². The molecule has 25 heavy (non-hydrogen) atoms. The standard InChI is InChI=1S/C17H18N6OS/c1-11-8-25-15-14(11)20-10-21-16(15)23-6-2-3-12(7-23)22-17(24)13-4-5-18-9-19-13/h4-5,8-10,12H,2-3,6-7H2,1H3,(H,22,24). The van der Waals surface area contributed by atoms with Gasteiger partial charge in [0.05, 0.1) is 10.2 Å². The molecule has 3 aromatic heterocycles. The fourth-order valence-electron chi connectivity index (χ4n) is 3.15. The van der Waals surface area contributed by atoms with E-state index in [9.17, 15) is 4.79 Å². The number of carbonyl (C=O) groups excluding carboxylic acids is 1. The summed E-state index contributed by atoms with van der Waals surface area (Å²) in [5, 5.41) is 5.19. The number of carbonyl (C=O) groups is 1. The average molecular weight is 354 g/mol. The number of fused-ring (bicyclic) bond motifs is 1. The molecular weight excluding hydrogens is 336 g/mol. The third-order valence-corrected chi connectivity index (χ3v) is 5.47. The van der Waals surface area contributed by atoms with Crippen molar-refractivity contribution < 1.29 is 4.79 Å². The van der Waals surface area contributed by atoms with Crippen molar-refractivity contribution in [3.63, 3.8) is 0 Å². The molecule has 8 heteroatoms. The number of hydrogen-bond acceptors (Lipinski definition) is 7. The van der Waals surface area contributed by atoms with Crippen molar-refractivity contribution in [3.8, 4) is 0 Å². The summed E-state index contributed by atoms with van der Waals surface area (Å²) in [5.41, 5.74) is 2.59. The van der Waals surface area contributed by atoms with Crippen LogP contribution >= 0.6 is 11.3 Å². The maximum absolute atomic E-state index is 12.3. The summed E-state index contributed by atoms with van der Waals surface area (Å²) in [6.07, 6.45) is 6.54. The summed E-state index contributed by atoms with van der Waals surface area (Å²) in [6.45, 7) is 3.74. The van der Waals surface area contributed by atoms with Crippen LogP contribution in [0.1, 0.15) is 28.9 Å². The summed E-state index contributed by atoms with van der Waals surface area (Å²) in [4.78, 5) is 31.3. The van der Waals surface area contributed by atoms with Gasteiger partial charge in [0.15, 0.2) is 0 Å². The monoisotopic (exact) mass is 354 g/mol. The number of amides is 1. The van der Waals surface area contributed by atoms with Crippen molar-refractivity contribution in [1.29, 1.82) is 0 Å². The molecule has 1 aliphatic heterocycles. The van der Waals surface area contributed by atoms with E-state index in [-0.39, 0.29) is 11.9 Å². The summed E-state index contributed by atoms with van der Waals surface area (Å²) in [6, 6.07) is 1.69. The fourth-order valence-corrected chi connectivity index (χ4v) is 4.17. The Labute approximate surface area is 149 Å². The number of rotatable bonds is 3. The second-order valence-electron chi connectivity index (χ2n) is 6.15. The van der Waals surface area contributed by atoms with Gasteiger partial charge in [-0.2, -0.15) is 0 Å². The Morgan fingerprint density at radius 3 is 3.08 bits per heavy atom. The van der Waals surface area contributed by atoms with E-state index in [0.29, 0.717) is 5.69 Å². The molecule has 0 aliphatic carbocycles. The first kappa shape index (κ1) is 15.9. The largest absolute Gasteiger partial charge is 0.353 e. The number of aryl methyl sites for hydroxylation is 1. The van der Waals surface area contributed by atoms with Crippen molar-refractivity contribution in [1.82, 2.24) is 25.3 Å². The molecule has 0 saturated carbocycles. The van der Waals surface area contributed by atoms with Crippen LogP contribution in [-0.2, 0) is 0 Å². The summed E-state index contributed by atoms with van der Waals surface area (Å²) < 4.78 is 1.11. The molecule has 7 nitrogen and oxygen atoms in total. The van der Waals surface area contributed by atoms with Crippen molar-refractivity contribution >= 4 is 33.3 Å². The van der Waals surface area contributed by atoms with Gasteiger partial charge in [0.2, 0.25) is 0 Å². The van der Waals surface area contributed by atoms with Crippen LogP contribution in [0.2, 0.25) is 0 Å². The number of nitrogens with zero attached hydrogens (tertiary/aromatic N) is 5. The summed E-state index contributed by atoms with van der Waals surface area (Å²) in [7, 11) is 0. The third-order valence-electron chi connectivity index (χ3n) is 4.38. The van der Waals surface area contributed by atoms with Gasteiger partial charge in [-0.3, -0.25) is 4.79 Å². The molecule has 1 unspecified atom stereocenters. The van der Waals surface area contributed by atoms with E-state index < -0.39 is 0 Å². The fraction of sp³-hybridized carbons (Fsp3) is 0.353. The molecule has 1 fully saturated rings. The van der Waals surface area contributed by atoms with Gasteiger partial charge in [-0.25, -0.2) is 19.9 Å². The molecule has 0 radical (unpaired) electrons. The summed E-state index contributed by atoms with van der Waals surface area (Å²) in [5.74, 6) is 0.804. The first-order valence-electron chi connectivity index (χ1n) is 8.23. The molecule has 1 atom stereocenters. The van der Waals surface area contributed by atoms with Crippen LogP contribution in [0.5, 0.6) is 0 Å². The quantitative estimate of drug-likeness (QED) is 0.776. The number of thiophene rings is 1. The predicted octanol–water partition coefficient (Wildman–Crippen LogP) is 2.19. The molecule has 0 spiro atoms. The van der Waals surface area contributed by atoms with Crippen molar-refractivity contribution in [2.45, 2.75) is 25.8 Å². The van der Waals surface area contributed by atoms with Gasteiger partial charge in [-0.05, 0) is 36.8 Å². The zero-order valence-electron chi connectivity index (χ0n) is 13.8. The van der Waals surface area contributed by atoms with E-state index in [1.54, 1.807) is 29.9 Å². The highest BCUT2D eigenvalue weighted by Gasteiger charge is 2.25. The minimum Gasteiger partial charge on any atom is -0.353 e. The van der Waals surface area contributed by atoms with E-state index in [0.717, 1.165) is 42.0 Å². The van der Waals surface area contributed by atoms with Crippen LogP contribution in [0, 0.1) is 6.92 Å². The lowest BCUT2D eigenvalue weighted by atomic mass is 10.1. The van der Waals surface area contributed by atoms with E-state index in [2.05, 4.69) is 42.5 Å². The minimum absolute atomic E-state index is 0.0716. The van der Waals surface area contributed by atoms with Gasteiger partial charge in [-0.15, -0.1) is 11.3 Å². The highest BCUT2D eigenvalue weighted by atomic mass is 32.1. The van der Waals surface area contributed by atoms with Crippen molar-refractivity contribution in [3.05, 3.63) is 41.6 Å². The Kier molecular flexibility index (Phi) is 4.27. The van der Waals surface area contributed by atoms with Crippen LogP contribution in [0.15, 0.2) is 30.3 Å².